The van der Waals surface area contributed by atoms with Gasteiger partial charge in [0.15, 0.2) is 5.82 Å². The van der Waals surface area contributed by atoms with Gasteiger partial charge in [-0.2, -0.15) is 10.2 Å². The van der Waals surface area contributed by atoms with Gasteiger partial charge in [0, 0.05) is 12.6 Å². The van der Waals surface area contributed by atoms with Crippen LogP contribution in [0, 0.1) is 0 Å². The van der Waals surface area contributed by atoms with Gasteiger partial charge in [-0.15, -0.1) is 0 Å². The molecule has 1 aliphatic carbocycles. The summed E-state index contributed by atoms with van der Waals surface area (Å²) in [5.74, 6) is 0.450. The van der Waals surface area contributed by atoms with Gasteiger partial charge < -0.3 is 5.73 Å². The van der Waals surface area contributed by atoms with E-state index in [1.54, 1.807) is 7.05 Å². The van der Waals surface area contributed by atoms with Gasteiger partial charge in [-0.1, -0.05) is 55.5 Å². The van der Waals surface area contributed by atoms with E-state index in [1.165, 1.54) is 5.56 Å². The molecule has 1 aromatic carbocycles. The topological polar surface area (TPSA) is 113 Å². The first-order valence-electron chi connectivity index (χ1n) is 8.94. The van der Waals surface area contributed by atoms with Crippen molar-refractivity contribution in [2.24, 2.45) is 4.99 Å². The summed E-state index contributed by atoms with van der Waals surface area (Å²) >= 11 is 0. The lowest BCUT2D eigenvalue weighted by Crippen LogP contribution is -2.10. The van der Waals surface area contributed by atoms with Crippen LogP contribution in [0.3, 0.4) is 0 Å². The van der Waals surface area contributed by atoms with Crippen molar-refractivity contribution in [2.75, 3.05) is 12.8 Å². The second kappa shape index (κ2) is 7.11. The number of fused-ring (bicyclic) bond motifs is 1. The van der Waals surface area contributed by atoms with Gasteiger partial charge >= 0.3 is 0 Å². The zero-order valence-electron chi connectivity index (χ0n) is 15.6. The molecule has 7 heteroatoms. The Labute approximate surface area is 161 Å². The minimum absolute atomic E-state index is 0.211. The summed E-state index contributed by atoms with van der Waals surface area (Å²) in [4.78, 5) is 16.2. The Bertz CT molecular complexity index is 1210. The number of nitrogens with two attached hydrogens (primary N) is 1. The second-order valence-corrected chi connectivity index (χ2v) is 6.62. The number of nitrogens with one attached hydrogen (secondary N) is 2. The molecule has 2 aromatic heterocycles. The molecule has 1 aliphatic rings. The summed E-state index contributed by atoms with van der Waals surface area (Å²) in [5.41, 5.74) is 10.7. The molecule has 0 saturated heterocycles. The number of aliphatic imine (C=N–C) groups is 1. The maximum absolute atomic E-state index is 11.9. The van der Waals surface area contributed by atoms with E-state index in [2.05, 4.69) is 56.6 Å². The minimum atomic E-state index is -0.345. The smallest absolute Gasteiger partial charge is 0.290 e. The molecule has 1 atom stereocenters. The molecule has 0 radical (unpaired) electrons. The first-order chi connectivity index (χ1) is 13.6. The van der Waals surface area contributed by atoms with E-state index in [1.807, 2.05) is 30.4 Å². The number of hydrogen-bond acceptors (Lipinski definition) is 5. The van der Waals surface area contributed by atoms with Crippen molar-refractivity contribution >= 4 is 22.4 Å². The summed E-state index contributed by atoms with van der Waals surface area (Å²) in [6.07, 6.45) is 10.3. The van der Waals surface area contributed by atoms with Crippen LogP contribution in [0.5, 0.6) is 0 Å². The number of allylic oxidation sites excluding steroid dienone is 6. The molecule has 0 bridgehead atoms. The highest BCUT2D eigenvalue weighted by Crippen LogP contribution is 2.29. The van der Waals surface area contributed by atoms with Crippen LogP contribution in [0.25, 0.3) is 22.2 Å². The highest BCUT2D eigenvalue weighted by atomic mass is 16.1. The average molecular weight is 372 g/mol. The molecule has 0 spiro atoms. The van der Waals surface area contributed by atoms with Crippen LogP contribution in [0.4, 0.5) is 5.82 Å². The molecule has 4 rings (SSSR count). The van der Waals surface area contributed by atoms with E-state index in [-0.39, 0.29) is 17.3 Å². The fourth-order valence-corrected chi connectivity index (χ4v) is 3.33. The summed E-state index contributed by atoms with van der Waals surface area (Å²) < 4.78 is 0. The number of hydrogen-bond donors (Lipinski definition) is 3. The number of benzene rings is 1. The third kappa shape index (κ3) is 3.07. The highest BCUT2D eigenvalue weighted by molar-refractivity contribution is 6.11. The Morgan fingerprint density at radius 3 is 2.61 bits per heavy atom. The number of H-pyrrole nitrogens is 2. The lowest BCUT2D eigenvalue weighted by Gasteiger charge is -2.12. The average Bonchev–Trinajstić information content (AvgIpc) is 3.18. The third-order valence-electron chi connectivity index (χ3n) is 4.84. The number of aromatic amines is 2. The van der Waals surface area contributed by atoms with Gasteiger partial charge in [-0.05, 0) is 23.1 Å². The minimum Gasteiger partial charge on any atom is -0.382 e. The first-order valence-corrected chi connectivity index (χ1v) is 8.94. The molecule has 3 aromatic rings. The Morgan fingerprint density at radius 2 is 1.86 bits per heavy atom. The Morgan fingerprint density at radius 1 is 1.11 bits per heavy atom. The van der Waals surface area contributed by atoms with Gasteiger partial charge in [0.1, 0.15) is 11.2 Å². The Kier molecular flexibility index (Phi) is 4.49. The predicted octanol–water partition coefficient (Wildman–Crippen LogP) is 3.12. The fraction of sp³-hybridized carbons (Fsp3) is 0.143. The fourth-order valence-electron chi connectivity index (χ4n) is 3.33. The van der Waals surface area contributed by atoms with Crippen LogP contribution in [0.2, 0.25) is 0 Å². The molecule has 7 nitrogen and oxygen atoms in total. The van der Waals surface area contributed by atoms with E-state index in [9.17, 15) is 4.79 Å². The van der Waals surface area contributed by atoms with E-state index in [0.29, 0.717) is 16.6 Å². The van der Waals surface area contributed by atoms with E-state index in [0.717, 1.165) is 16.8 Å². The van der Waals surface area contributed by atoms with Crippen LogP contribution in [-0.2, 0) is 0 Å². The molecular weight excluding hydrogens is 352 g/mol. The largest absolute Gasteiger partial charge is 0.382 e. The summed E-state index contributed by atoms with van der Waals surface area (Å²) in [5, 5.41) is 13.7. The summed E-state index contributed by atoms with van der Waals surface area (Å²) in [7, 11) is 1.80. The molecule has 0 fully saturated rings. The van der Waals surface area contributed by atoms with Crippen LogP contribution < -0.4 is 11.3 Å². The highest BCUT2D eigenvalue weighted by Gasteiger charge is 2.15. The maximum Gasteiger partial charge on any atom is 0.290 e. The molecule has 140 valence electrons. The van der Waals surface area contributed by atoms with Crippen molar-refractivity contribution in [3.8, 4) is 11.3 Å². The Balaban J connectivity index is 1.67. The Hall–Kier alpha value is -3.74. The van der Waals surface area contributed by atoms with Gasteiger partial charge in [0.2, 0.25) is 0 Å². The molecule has 0 saturated carbocycles. The van der Waals surface area contributed by atoms with Crippen molar-refractivity contribution in [1.82, 2.24) is 20.4 Å². The maximum atomic E-state index is 11.9. The quantitative estimate of drug-likeness (QED) is 0.655. The monoisotopic (exact) mass is 372 g/mol. The normalized spacial score (nSPS) is 17.6. The van der Waals surface area contributed by atoms with E-state index >= 15 is 0 Å². The number of rotatable bonds is 3. The second-order valence-electron chi connectivity index (χ2n) is 6.62. The molecule has 4 N–H and O–H groups in total. The van der Waals surface area contributed by atoms with Gasteiger partial charge in [0.25, 0.3) is 5.56 Å². The zero-order chi connectivity index (χ0) is 19.7. The van der Waals surface area contributed by atoms with Crippen molar-refractivity contribution < 1.29 is 0 Å². The molecular formula is C21H20N6O. The lowest BCUT2D eigenvalue weighted by atomic mass is 9.94. The van der Waals surface area contributed by atoms with Crippen LogP contribution in [0.1, 0.15) is 18.4 Å². The van der Waals surface area contributed by atoms with Crippen LogP contribution in [-0.4, -0.2) is 33.2 Å². The van der Waals surface area contributed by atoms with E-state index < -0.39 is 0 Å². The number of nitrogens with zero attached hydrogens (tertiary/aromatic N) is 3. The van der Waals surface area contributed by atoms with Crippen LogP contribution in [0.15, 0.2) is 70.0 Å². The lowest BCUT2D eigenvalue weighted by molar-refractivity contribution is 0.963. The number of nitrogen functional groups attached to an aromatic ring is 1. The van der Waals surface area contributed by atoms with Crippen molar-refractivity contribution in [3.05, 3.63) is 76.1 Å². The molecule has 2 heterocycles. The molecule has 28 heavy (non-hydrogen) atoms. The molecule has 0 aliphatic heterocycles. The number of aromatic nitrogens is 4. The third-order valence-corrected chi connectivity index (χ3v) is 4.84. The van der Waals surface area contributed by atoms with Crippen molar-refractivity contribution in [1.29, 1.82) is 0 Å². The first kappa shape index (κ1) is 17.7. The van der Waals surface area contributed by atoms with Crippen molar-refractivity contribution in [2.45, 2.75) is 12.8 Å². The van der Waals surface area contributed by atoms with Gasteiger partial charge in [-0.3, -0.25) is 14.9 Å². The van der Waals surface area contributed by atoms with Gasteiger partial charge in [0.05, 0.1) is 11.1 Å². The standard InChI is InChI=1S/C21H20N6O/c1-12(11-15-5-3-4-6-16(15)23-2)13-7-9-14(10-8-13)18-17-19(25-24-18)21(28)27-26-20(17)22/h3-12H,1-2H3,(H2,22,26)(H,24,25)(H,27,28)/b15-11-,23-16-. The SMILES string of the molecule is C/N=C1/C=CC=C/C1=C/C(C)c1ccc(-c2n[nH]c3c(=O)[nH]nc(N)c23)cc1. The summed E-state index contributed by atoms with van der Waals surface area (Å²) in [6, 6.07) is 8.07. The number of anilines is 1. The summed E-state index contributed by atoms with van der Waals surface area (Å²) in [6.45, 7) is 2.15. The van der Waals surface area contributed by atoms with Crippen molar-refractivity contribution in [3.63, 3.8) is 0 Å². The predicted molar refractivity (Wildman–Crippen MR) is 112 cm³/mol. The zero-order valence-corrected chi connectivity index (χ0v) is 15.6. The molecule has 0 amide bonds. The molecule has 1 unspecified atom stereocenters. The van der Waals surface area contributed by atoms with Gasteiger partial charge in [-0.25, -0.2) is 5.10 Å². The van der Waals surface area contributed by atoms with E-state index in [4.69, 9.17) is 5.73 Å². The van der Waals surface area contributed by atoms with Crippen LogP contribution >= 0.6 is 0 Å².